The molecule has 0 saturated carbocycles. The van der Waals surface area contributed by atoms with Gasteiger partial charge in [0.15, 0.2) is 5.69 Å². The van der Waals surface area contributed by atoms with Gasteiger partial charge in [0.2, 0.25) is 0 Å². The minimum Gasteiger partial charge on any atom is -0.457 e. The predicted molar refractivity (Wildman–Crippen MR) is 240 cm³/mol. The number of pyridine rings is 2. The Hall–Kier alpha value is -8.27. The Morgan fingerprint density at radius 1 is 0.433 bits per heavy atom. The number of nitrogens with zero attached hydrogens (tertiary/aromatic N) is 5. The van der Waals surface area contributed by atoms with Crippen molar-refractivity contribution in [2.75, 3.05) is 0 Å². The molecule has 0 atom stereocenters. The highest BCUT2D eigenvalue weighted by atomic mass is 16.5. The topological polar surface area (TPSA) is 49.2 Å². The van der Waals surface area contributed by atoms with Crippen molar-refractivity contribution in [1.82, 2.24) is 19.1 Å². The number of benzene rings is 7. The van der Waals surface area contributed by atoms with Gasteiger partial charge in [0.25, 0.3) is 0 Å². The third-order valence-corrected chi connectivity index (χ3v) is 12.7. The van der Waals surface area contributed by atoms with Crippen LogP contribution in [0.25, 0.3) is 82.3 Å². The van der Waals surface area contributed by atoms with Crippen LogP contribution in [0.4, 0.5) is 5.69 Å². The molecule has 7 aromatic carbocycles. The van der Waals surface area contributed by atoms with Gasteiger partial charge in [-0.1, -0.05) is 91.0 Å². The second-order valence-electron chi connectivity index (χ2n) is 15.6. The Bertz CT molecular complexity index is 3570. The van der Waals surface area contributed by atoms with Gasteiger partial charge in [0.05, 0.1) is 45.4 Å². The Morgan fingerprint density at radius 3 is 1.75 bits per heavy atom. The molecule has 13 rings (SSSR count). The van der Waals surface area contributed by atoms with Crippen molar-refractivity contribution in [1.29, 1.82) is 0 Å². The molecule has 0 radical (unpaired) electrons. The van der Waals surface area contributed by atoms with E-state index in [4.69, 9.17) is 21.3 Å². The van der Waals surface area contributed by atoms with Crippen LogP contribution in [0.2, 0.25) is 0 Å². The molecular weight excluding hydrogens is 735 g/mol. The van der Waals surface area contributed by atoms with E-state index >= 15 is 0 Å². The van der Waals surface area contributed by atoms with E-state index in [1.54, 1.807) is 0 Å². The second-order valence-corrected chi connectivity index (χ2v) is 15.6. The largest absolute Gasteiger partial charge is 0.457 e. The van der Waals surface area contributed by atoms with Gasteiger partial charge in [-0.3, -0.25) is 9.97 Å². The Kier molecular flexibility index (Phi) is 6.62. The number of fused-ring (bicyclic) bond motifs is 15. The van der Waals surface area contributed by atoms with E-state index in [-0.39, 0.29) is 0 Å². The number of hydrogen-bond donors (Lipinski definition) is 0. The normalized spacial score (nSPS) is 13.2. The van der Waals surface area contributed by atoms with Crippen LogP contribution in [0.1, 0.15) is 22.3 Å². The monoisotopic (exact) mass is 765 g/mol. The molecule has 0 N–H and O–H groups in total. The molecule has 5 heterocycles. The summed E-state index contributed by atoms with van der Waals surface area (Å²) in [7, 11) is 0. The van der Waals surface area contributed by atoms with E-state index in [9.17, 15) is 0 Å². The smallest absolute Gasteiger partial charge is 0.188 e. The molecule has 1 aliphatic heterocycles. The number of rotatable bonds is 3. The number of hydrogen-bond acceptors (Lipinski definition) is 3. The minimum atomic E-state index is -0.743. The molecule has 6 heteroatoms. The average molecular weight is 766 g/mol. The summed E-state index contributed by atoms with van der Waals surface area (Å²) in [5, 5.41) is 4.57. The summed E-state index contributed by atoms with van der Waals surface area (Å²) in [6, 6.07) is 62.0. The van der Waals surface area contributed by atoms with Crippen molar-refractivity contribution >= 4 is 49.3 Å². The maximum atomic E-state index is 7.78. The summed E-state index contributed by atoms with van der Waals surface area (Å²) in [6.07, 6.45) is 3.72. The van der Waals surface area contributed by atoms with Gasteiger partial charge >= 0.3 is 0 Å². The van der Waals surface area contributed by atoms with Crippen LogP contribution in [0.3, 0.4) is 0 Å². The van der Waals surface area contributed by atoms with Gasteiger partial charge in [-0.05, 0) is 113 Å². The molecule has 0 unspecified atom stereocenters. The molecule has 2 aliphatic rings. The molecule has 278 valence electrons. The van der Waals surface area contributed by atoms with Crippen molar-refractivity contribution < 1.29 is 4.74 Å². The van der Waals surface area contributed by atoms with Crippen molar-refractivity contribution in [3.63, 3.8) is 0 Å². The highest BCUT2D eigenvalue weighted by Crippen LogP contribution is 2.62. The van der Waals surface area contributed by atoms with Crippen molar-refractivity contribution in [2.45, 2.75) is 5.41 Å². The summed E-state index contributed by atoms with van der Waals surface area (Å²) in [6.45, 7) is 7.78. The van der Waals surface area contributed by atoms with Gasteiger partial charge in [0, 0.05) is 51.1 Å². The molecule has 60 heavy (non-hydrogen) atoms. The molecule has 0 fully saturated rings. The zero-order valence-corrected chi connectivity index (χ0v) is 32.0. The Labute approximate surface area is 344 Å². The van der Waals surface area contributed by atoms with Crippen molar-refractivity contribution in [3.05, 3.63) is 222 Å². The van der Waals surface area contributed by atoms with Crippen LogP contribution in [0.15, 0.2) is 188 Å². The maximum absolute atomic E-state index is 7.78. The van der Waals surface area contributed by atoms with Gasteiger partial charge < -0.3 is 13.9 Å². The van der Waals surface area contributed by atoms with Crippen molar-refractivity contribution in [2.24, 2.45) is 0 Å². The molecule has 0 saturated heterocycles. The fraction of sp³-hybridized carbons (Fsp3) is 0.0185. The van der Waals surface area contributed by atoms with E-state index in [0.29, 0.717) is 5.69 Å². The molecule has 4 aromatic heterocycles. The Morgan fingerprint density at radius 2 is 1.03 bits per heavy atom. The standard InChI is InChI=1S/C54H31N5O/c1-55-35-21-25-49-41(31-35)40-29-33(20-24-48(40)58(49)36-11-3-2-4-12-36)34-19-23-42-51(30-34)60-50-26-22-37(59-46-17-7-5-13-38(46)39-14-6-8-18-47(39)59)32-45(50)54(42)43-15-9-27-56-52(43)53-44(54)16-10-28-57-53/h2-32H. The first-order valence-electron chi connectivity index (χ1n) is 20.1. The van der Waals surface area contributed by atoms with E-state index in [1.165, 1.54) is 10.8 Å². The summed E-state index contributed by atoms with van der Waals surface area (Å²) in [5.41, 5.74) is 14.6. The lowest BCUT2D eigenvalue weighted by Crippen LogP contribution is -2.32. The van der Waals surface area contributed by atoms with E-state index in [1.807, 2.05) is 42.7 Å². The Balaban J connectivity index is 1.04. The molecule has 1 spiro atoms. The van der Waals surface area contributed by atoms with Gasteiger partial charge in [-0.2, -0.15) is 0 Å². The molecule has 0 bridgehead atoms. The van der Waals surface area contributed by atoms with E-state index in [0.717, 1.165) is 100 Å². The first-order chi connectivity index (χ1) is 29.7. The lowest BCUT2D eigenvalue weighted by molar-refractivity contribution is 0.436. The van der Waals surface area contributed by atoms with Gasteiger partial charge in [-0.15, -0.1) is 0 Å². The number of para-hydroxylation sites is 3. The second kappa shape index (κ2) is 12.1. The zero-order valence-electron chi connectivity index (χ0n) is 32.0. The highest BCUT2D eigenvalue weighted by molar-refractivity contribution is 6.12. The fourth-order valence-corrected chi connectivity index (χ4v) is 10.2. The summed E-state index contributed by atoms with van der Waals surface area (Å²) in [4.78, 5) is 13.7. The molecule has 0 amide bonds. The van der Waals surface area contributed by atoms with Crippen LogP contribution < -0.4 is 4.74 Å². The SMILES string of the molecule is [C-]#[N+]c1ccc2c(c1)c1cc(-c3ccc4c(c3)Oc3ccc(-n5c6ccccc6c6ccccc65)cc3C43c4cccnc4-c4ncccc43)ccc1n2-c1ccccc1. The van der Waals surface area contributed by atoms with Gasteiger partial charge in [-0.25, -0.2) is 4.85 Å². The lowest BCUT2D eigenvalue weighted by Gasteiger charge is -2.39. The quantitative estimate of drug-likeness (QED) is 0.168. The third-order valence-electron chi connectivity index (χ3n) is 12.7. The van der Waals surface area contributed by atoms with Crippen LogP contribution in [0.5, 0.6) is 11.5 Å². The zero-order chi connectivity index (χ0) is 39.5. The lowest BCUT2D eigenvalue weighted by atomic mass is 9.66. The third kappa shape index (κ3) is 4.30. The molecule has 1 aliphatic carbocycles. The first-order valence-corrected chi connectivity index (χ1v) is 20.1. The van der Waals surface area contributed by atoms with Crippen LogP contribution in [0, 0.1) is 6.57 Å². The maximum Gasteiger partial charge on any atom is 0.188 e. The van der Waals surface area contributed by atoms with Crippen LogP contribution in [-0.4, -0.2) is 19.1 Å². The predicted octanol–water partition coefficient (Wildman–Crippen LogP) is 13.4. The number of ether oxygens (including phenoxy) is 1. The summed E-state index contributed by atoms with van der Waals surface area (Å²) in [5.74, 6) is 1.59. The summed E-state index contributed by atoms with van der Waals surface area (Å²) < 4.78 is 11.7. The van der Waals surface area contributed by atoms with Gasteiger partial charge in [0.1, 0.15) is 11.5 Å². The molecule has 11 aromatic rings. The van der Waals surface area contributed by atoms with E-state index < -0.39 is 5.41 Å². The van der Waals surface area contributed by atoms with Crippen molar-refractivity contribution in [3.8, 4) is 45.4 Å². The average Bonchev–Trinajstić information content (AvgIpc) is 3.93. The molecule has 6 nitrogen and oxygen atoms in total. The summed E-state index contributed by atoms with van der Waals surface area (Å²) >= 11 is 0. The van der Waals surface area contributed by atoms with Crippen LogP contribution in [-0.2, 0) is 5.41 Å². The minimum absolute atomic E-state index is 0.619. The number of aromatic nitrogens is 4. The van der Waals surface area contributed by atoms with Crippen LogP contribution >= 0.6 is 0 Å². The first kappa shape index (κ1) is 32.8. The highest BCUT2D eigenvalue weighted by Gasteiger charge is 2.52. The fourth-order valence-electron chi connectivity index (χ4n) is 10.2. The molecular formula is C54H31N5O. The van der Waals surface area contributed by atoms with E-state index in [2.05, 4.69) is 160 Å².